The molecule has 1 fully saturated rings. The van der Waals surface area contributed by atoms with E-state index >= 15 is 0 Å². The monoisotopic (exact) mass is 566 g/mol. The van der Waals surface area contributed by atoms with Crippen molar-refractivity contribution in [1.29, 1.82) is 0 Å². The Bertz CT molecular complexity index is 1460. The SMILES string of the molecule is CC(=O)CCC(=O)C[C@@H]1[C@]2(C)C(=C(O)c3c(O)cccc3[C@H]2C)C(=O)[C@@]2(O)C(O)=C(C(C)=O)C(=O)C(C(C)C)[C@@]12C. The van der Waals surface area contributed by atoms with E-state index in [0.717, 1.165) is 6.92 Å². The highest BCUT2D eigenvalue weighted by atomic mass is 16.3. The zero-order chi connectivity index (χ0) is 31.0. The summed E-state index contributed by atoms with van der Waals surface area (Å²) in [6, 6.07) is 4.63. The normalized spacial score (nSPS) is 33.0. The molecule has 0 amide bonds. The molecule has 1 unspecified atom stereocenters. The van der Waals surface area contributed by atoms with Crippen molar-refractivity contribution in [3.05, 3.63) is 46.2 Å². The number of phenols is 1. The second kappa shape index (κ2) is 9.76. The number of fused-ring (bicyclic) bond motifs is 3. The molecular weight excluding hydrogens is 528 g/mol. The van der Waals surface area contributed by atoms with Gasteiger partial charge in [0.05, 0.1) is 5.56 Å². The molecule has 3 aliphatic rings. The molecule has 4 rings (SSSR count). The number of Topliss-reactive ketones (excluding diaryl/α,β-unsaturated/α-hetero) is 5. The molecule has 4 N–H and O–H groups in total. The lowest BCUT2D eigenvalue weighted by atomic mass is 9.37. The minimum absolute atomic E-state index is 0.00256. The van der Waals surface area contributed by atoms with Crippen LogP contribution >= 0.6 is 0 Å². The lowest BCUT2D eigenvalue weighted by Crippen LogP contribution is -2.73. The summed E-state index contributed by atoms with van der Waals surface area (Å²) in [5, 5.41) is 46.3. The fourth-order valence-electron chi connectivity index (χ4n) is 8.16. The number of ketones is 5. The first-order chi connectivity index (χ1) is 18.9. The van der Waals surface area contributed by atoms with Crippen LogP contribution in [0.4, 0.5) is 0 Å². The first kappa shape index (κ1) is 30.4. The van der Waals surface area contributed by atoms with Crippen molar-refractivity contribution in [3.63, 3.8) is 0 Å². The van der Waals surface area contributed by atoms with Crippen molar-refractivity contribution in [2.75, 3.05) is 0 Å². The van der Waals surface area contributed by atoms with E-state index in [4.69, 9.17) is 0 Å². The molecule has 220 valence electrons. The summed E-state index contributed by atoms with van der Waals surface area (Å²) in [5.74, 6) is -8.57. The predicted molar refractivity (Wildman–Crippen MR) is 149 cm³/mol. The standard InChI is InChI=1S/C32H38O9/c1-14(2)24-26(37)22(17(5)34)28(39)32(41)29(40)25-27(38)23-19(9-8-10-20(23)36)16(4)30(25,6)21(31(24,32)7)13-18(35)12-11-15(3)33/h8-10,14,16,21,24,36,38-39,41H,11-13H2,1-7H3/t16-,21-,24?,30-,31-,32+/m1/s1. The van der Waals surface area contributed by atoms with Gasteiger partial charge in [0.2, 0.25) is 5.78 Å². The van der Waals surface area contributed by atoms with Gasteiger partial charge in [-0.2, -0.15) is 0 Å². The van der Waals surface area contributed by atoms with E-state index in [1.165, 1.54) is 19.9 Å². The number of rotatable bonds is 7. The number of aliphatic hydroxyl groups is 3. The van der Waals surface area contributed by atoms with Crippen molar-refractivity contribution >= 4 is 34.7 Å². The van der Waals surface area contributed by atoms with Gasteiger partial charge >= 0.3 is 0 Å². The molecule has 0 radical (unpaired) electrons. The third kappa shape index (κ3) is 3.81. The van der Waals surface area contributed by atoms with Crippen molar-refractivity contribution in [3.8, 4) is 5.75 Å². The van der Waals surface area contributed by atoms with E-state index in [0.29, 0.717) is 5.56 Å². The number of hydrogen-bond acceptors (Lipinski definition) is 9. The van der Waals surface area contributed by atoms with Gasteiger partial charge in [-0.1, -0.05) is 46.8 Å². The molecule has 1 saturated carbocycles. The fourth-order valence-corrected chi connectivity index (χ4v) is 8.16. The molecule has 0 aromatic heterocycles. The second-order valence-electron chi connectivity index (χ2n) is 12.7. The molecule has 9 nitrogen and oxygen atoms in total. The molecule has 0 bridgehead atoms. The lowest BCUT2D eigenvalue weighted by molar-refractivity contribution is -0.199. The summed E-state index contributed by atoms with van der Waals surface area (Å²) in [5.41, 5.74) is -6.53. The first-order valence-electron chi connectivity index (χ1n) is 13.9. The summed E-state index contributed by atoms with van der Waals surface area (Å²) in [6.07, 6.45) is -0.416. The molecule has 3 aliphatic carbocycles. The van der Waals surface area contributed by atoms with Gasteiger partial charge in [0.15, 0.2) is 17.2 Å². The Morgan fingerprint density at radius 2 is 1.61 bits per heavy atom. The molecule has 41 heavy (non-hydrogen) atoms. The fraction of sp³-hybridized carbons (Fsp3) is 0.531. The Kier molecular flexibility index (Phi) is 7.23. The summed E-state index contributed by atoms with van der Waals surface area (Å²) in [4.78, 5) is 66.4. The highest BCUT2D eigenvalue weighted by molar-refractivity contribution is 6.24. The number of allylic oxidation sites excluding steroid dienone is 1. The molecular formula is C32H38O9. The largest absolute Gasteiger partial charge is 0.508 e. The van der Waals surface area contributed by atoms with Gasteiger partial charge in [-0.15, -0.1) is 0 Å². The van der Waals surface area contributed by atoms with Crippen molar-refractivity contribution in [2.45, 2.75) is 79.2 Å². The van der Waals surface area contributed by atoms with Gasteiger partial charge < -0.3 is 25.2 Å². The molecule has 0 aliphatic heterocycles. The number of carbonyl (C=O) groups excluding carboxylic acids is 5. The Morgan fingerprint density at radius 3 is 2.15 bits per heavy atom. The topological polar surface area (TPSA) is 166 Å². The maximum atomic E-state index is 14.6. The zero-order valence-corrected chi connectivity index (χ0v) is 24.5. The Labute approximate surface area is 239 Å². The maximum absolute atomic E-state index is 14.6. The van der Waals surface area contributed by atoms with Crippen molar-refractivity contribution in [1.82, 2.24) is 0 Å². The van der Waals surface area contributed by atoms with Gasteiger partial charge in [0.25, 0.3) is 0 Å². The Balaban J connectivity index is 2.16. The van der Waals surface area contributed by atoms with E-state index in [1.54, 1.807) is 39.8 Å². The highest BCUT2D eigenvalue weighted by Crippen LogP contribution is 2.71. The summed E-state index contributed by atoms with van der Waals surface area (Å²) < 4.78 is 0. The predicted octanol–water partition coefficient (Wildman–Crippen LogP) is 4.31. The Morgan fingerprint density at radius 1 is 1.00 bits per heavy atom. The average Bonchev–Trinajstić information content (AvgIpc) is 2.86. The highest BCUT2D eigenvalue weighted by Gasteiger charge is 2.76. The van der Waals surface area contributed by atoms with Crippen LogP contribution in [-0.2, 0) is 24.0 Å². The van der Waals surface area contributed by atoms with E-state index < -0.39 is 74.5 Å². The number of carbonyl (C=O) groups is 5. The zero-order valence-electron chi connectivity index (χ0n) is 24.5. The second-order valence-corrected chi connectivity index (χ2v) is 12.7. The Hall–Kier alpha value is -3.59. The van der Waals surface area contributed by atoms with Gasteiger partial charge in [0.1, 0.15) is 34.4 Å². The van der Waals surface area contributed by atoms with Crippen LogP contribution in [0.1, 0.15) is 84.8 Å². The quantitative estimate of drug-likeness (QED) is 0.352. The first-order valence-corrected chi connectivity index (χ1v) is 13.9. The van der Waals surface area contributed by atoms with Gasteiger partial charge in [-0.25, -0.2) is 0 Å². The van der Waals surface area contributed by atoms with E-state index in [2.05, 4.69) is 0 Å². The summed E-state index contributed by atoms with van der Waals surface area (Å²) >= 11 is 0. The van der Waals surface area contributed by atoms with E-state index in [-0.39, 0.29) is 47.7 Å². The molecule has 6 atom stereocenters. The van der Waals surface area contributed by atoms with E-state index in [1.807, 2.05) is 0 Å². The van der Waals surface area contributed by atoms with Crippen molar-refractivity contribution < 1.29 is 44.4 Å². The van der Waals surface area contributed by atoms with Crippen LogP contribution in [0, 0.1) is 28.6 Å². The molecule has 0 spiro atoms. The number of phenolic OH excluding ortho intramolecular Hbond substituents is 1. The van der Waals surface area contributed by atoms with Crippen LogP contribution in [0.25, 0.3) is 5.76 Å². The van der Waals surface area contributed by atoms with Gasteiger partial charge in [-0.3, -0.25) is 19.2 Å². The molecule has 1 aromatic rings. The number of benzene rings is 1. The van der Waals surface area contributed by atoms with Gasteiger partial charge in [0, 0.05) is 41.6 Å². The summed E-state index contributed by atoms with van der Waals surface area (Å²) in [6.45, 7) is 10.8. The summed E-state index contributed by atoms with van der Waals surface area (Å²) in [7, 11) is 0. The lowest BCUT2D eigenvalue weighted by Gasteiger charge is -2.65. The van der Waals surface area contributed by atoms with Crippen molar-refractivity contribution in [2.24, 2.45) is 28.6 Å². The number of aliphatic hydroxyl groups excluding tert-OH is 2. The van der Waals surface area contributed by atoms with Crippen LogP contribution in [0.3, 0.4) is 0 Å². The molecule has 0 saturated heterocycles. The van der Waals surface area contributed by atoms with Crippen LogP contribution in [0.2, 0.25) is 0 Å². The molecule has 9 heteroatoms. The number of aromatic hydroxyl groups is 1. The minimum atomic E-state index is -2.85. The van der Waals surface area contributed by atoms with Gasteiger partial charge in [-0.05, 0) is 43.2 Å². The van der Waals surface area contributed by atoms with Crippen LogP contribution < -0.4 is 0 Å². The van der Waals surface area contributed by atoms with E-state index in [9.17, 15) is 44.4 Å². The molecule has 1 aromatic carbocycles. The van der Waals surface area contributed by atoms with Crippen LogP contribution in [-0.4, -0.2) is 54.9 Å². The minimum Gasteiger partial charge on any atom is -0.508 e. The average molecular weight is 567 g/mol. The van der Waals surface area contributed by atoms with Crippen LogP contribution in [0.5, 0.6) is 5.75 Å². The molecule has 0 heterocycles. The van der Waals surface area contributed by atoms with Crippen LogP contribution in [0.15, 0.2) is 35.1 Å². The number of hydrogen-bond donors (Lipinski definition) is 4. The maximum Gasteiger partial charge on any atom is 0.203 e. The third-order valence-corrected chi connectivity index (χ3v) is 10.2. The smallest absolute Gasteiger partial charge is 0.203 e. The third-order valence-electron chi connectivity index (χ3n) is 10.2.